The minimum Gasteiger partial charge on any atom is -0.493 e. The SMILES string of the molecule is C=CCOc1ccc(/C=N\NC(=O)CN(c2c(C)cccc2C)S(C)(=O)=O)cc1OC. The molecule has 0 aromatic heterocycles. The van der Waals surface area contributed by atoms with Crippen LogP contribution in [0, 0.1) is 13.8 Å². The molecule has 8 nitrogen and oxygen atoms in total. The topological polar surface area (TPSA) is 97.3 Å². The number of hydrogen-bond acceptors (Lipinski definition) is 6. The Morgan fingerprint density at radius 2 is 1.87 bits per heavy atom. The number of aryl methyl sites for hydroxylation is 2. The van der Waals surface area contributed by atoms with Gasteiger partial charge in [0.2, 0.25) is 10.0 Å². The highest BCUT2D eigenvalue weighted by Gasteiger charge is 2.23. The molecule has 1 amide bonds. The van der Waals surface area contributed by atoms with Gasteiger partial charge in [0.05, 0.1) is 25.3 Å². The van der Waals surface area contributed by atoms with Crippen molar-refractivity contribution >= 4 is 27.8 Å². The number of carbonyl (C=O) groups is 1. The van der Waals surface area contributed by atoms with Crippen molar-refractivity contribution in [2.45, 2.75) is 13.8 Å². The second-order valence-corrected chi connectivity index (χ2v) is 8.72. The van der Waals surface area contributed by atoms with Crippen LogP contribution in [0.1, 0.15) is 16.7 Å². The molecule has 0 aliphatic heterocycles. The number of methoxy groups -OCH3 is 1. The molecule has 31 heavy (non-hydrogen) atoms. The zero-order valence-electron chi connectivity index (χ0n) is 18.1. The van der Waals surface area contributed by atoms with Crippen molar-refractivity contribution in [1.82, 2.24) is 5.43 Å². The summed E-state index contributed by atoms with van der Waals surface area (Å²) in [6.07, 6.45) is 4.13. The van der Waals surface area contributed by atoms with E-state index in [0.717, 1.165) is 21.7 Å². The molecule has 2 rings (SSSR count). The van der Waals surface area contributed by atoms with Crippen molar-refractivity contribution in [3.8, 4) is 11.5 Å². The number of sulfonamides is 1. The van der Waals surface area contributed by atoms with Crippen molar-refractivity contribution in [2.75, 3.05) is 30.8 Å². The summed E-state index contributed by atoms with van der Waals surface area (Å²) in [5.41, 5.74) is 5.04. The van der Waals surface area contributed by atoms with Crippen LogP contribution in [0.2, 0.25) is 0 Å². The molecule has 0 fully saturated rings. The normalized spacial score (nSPS) is 11.2. The minimum atomic E-state index is -3.67. The van der Waals surface area contributed by atoms with E-state index in [4.69, 9.17) is 9.47 Å². The van der Waals surface area contributed by atoms with Crippen molar-refractivity contribution in [3.63, 3.8) is 0 Å². The van der Waals surface area contributed by atoms with Crippen LogP contribution in [-0.4, -0.2) is 47.1 Å². The van der Waals surface area contributed by atoms with Crippen LogP contribution in [0.25, 0.3) is 0 Å². The Hall–Kier alpha value is -3.33. The third-order valence-corrected chi connectivity index (χ3v) is 5.44. The lowest BCUT2D eigenvalue weighted by atomic mass is 10.1. The predicted octanol–water partition coefficient (Wildman–Crippen LogP) is 2.79. The molecule has 0 bridgehead atoms. The number of nitrogens with zero attached hydrogens (tertiary/aromatic N) is 2. The second-order valence-electron chi connectivity index (χ2n) is 6.81. The van der Waals surface area contributed by atoms with Gasteiger partial charge in [-0.2, -0.15) is 5.10 Å². The number of nitrogens with one attached hydrogen (secondary N) is 1. The molecule has 9 heteroatoms. The molecule has 0 unspecified atom stereocenters. The zero-order valence-corrected chi connectivity index (χ0v) is 18.9. The summed E-state index contributed by atoms with van der Waals surface area (Å²) in [6.45, 7) is 7.15. The maximum atomic E-state index is 12.4. The van der Waals surface area contributed by atoms with Gasteiger partial charge in [-0.05, 0) is 48.7 Å². The van der Waals surface area contributed by atoms with E-state index in [0.29, 0.717) is 29.4 Å². The van der Waals surface area contributed by atoms with Crippen LogP contribution in [0.5, 0.6) is 11.5 Å². The molecule has 0 heterocycles. The minimum absolute atomic E-state index is 0.344. The summed E-state index contributed by atoms with van der Waals surface area (Å²) < 4.78 is 36.5. The maximum absolute atomic E-state index is 12.4. The van der Waals surface area contributed by atoms with Gasteiger partial charge in [-0.3, -0.25) is 9.10 Å². The standard InChI is InChI=1S/C22H27N3O5S/c1-6-12-30-19-11-10-18(13-20(19)29-4)14-23-24-21(26)15-25(31(5,27)28)22-16(2)8-7-9-17(22)3/h6-11,13-14H,1,12,15H2,2-5H3,(H,24,26)/b23-14-. The molecular formula is C22H27N3O5S. The monoisotopic (exact) mass is 445 g/mol. The largest absolute Gasteiger partial charge is 0.493 e. The number of rotatable bonds is 10. The Labute approximate surface area is 183 Å². The van der Waals surface area contributed by atoms with Crippen LogP contribution >= 0.6 is 0 Å². The Morgan fingerprint density at radius 3 is 2.45 bits per heavy atom. The van der Waals surface area contributed by atoms with E-state index in [9.17, 15) is 13.2 Å². The summed E-state index contributed by atoms with van der Waals surface area (Å²) >= 11 is 0. The van der Waals surface area contributed by atoms with Crippen LogP contribution < -0.4 is 19.2 Å². The lowest BCUT2D eigenvalue weighted by molar-refractivity contribution is -0.119. The van der Waals surface area contributed by atoms with E-state index in [2.05, 4.69) is 17.1 Å². The summed E-state index contributed by atoms with van der Waals surface area (Å²) in [5.74, 6) is 0.499. The smallest absolute Gasteiger partial charge is 0.260 e. The van der Waals surface area contributed by atoms with Gasteiger partial charge >= 0.3 is 0 Å². The van der Waals surface area contributed by atoms with Crippen molar-refractivity contribution in [3.05, 3.63) is 65.7 Å². The number of amides is 1. The predicted molar refractivity (Wildman–Crippen MR) is 123 cm³/mol. The quantitative estimate of drug-likeness (QED) is 0.345. The number of carbonyl (C=O) groups excluding carboxylic acids is 1. The Morgan fingerprint density at radius 1 is 1.19 bits per heavy atom. The van der Waals surface area contributed by atoms with Crippen molar-refractivity contribution in [1.29, 1.82) is 0 Å². The van der Waals surface area contributed by atoms with Crippen LogP contribution in [0.15, 0.2) is 54.2 Å². The fraction of sp³-hybridized carbons (Fsp3) is 0.273. The molecule has 0 spiro atoms. The molecule has 2 aromatic rings. The van der Waals surface area contributed by atoms with Gasteiger partial charge in [0.1, 0.15) is 13.2 Å². The zero-order chi connectivity index (χ0) is 23.0. The highest BCUT2D eigenvalue weighted by atomic mass is 32.2. The van der Waals surface area contributed by atoms with E-state index >= 15 is 0 Å². The average molecular weight is 446 g/mol. The van der Waals surface area contributed by atoms with E-state index in [1.807, 2.05) is 6.07 Å². The van der Waals surface area contributed by atoms with Gasteiger partial charge in [-0.1, -0.05) is 30.9 Å². The Balaban J connectivity index is 2.12. The van der Waals surface area contributed by atoms with Gasteiger partial charge in [-0.15, -0.1) is 0 Å². The fourth-order valence-electron chi connectivity index (χ4n) is 2.94. The van der Waals surface area contributed by atoms with E-state index in [1.54, 1.807) is 50.3 Å². The van der Waals surface area contributed by atoms with Gasteiger partial charge in [0.25, 0.3) is 5.91 Å². The van der Waals surface area contributed by atoms with E-state index in [-0.39, 0.29) is 6.54 Å². The number of para-hydroxylation sites is 1. The summed E-state index contributed by atoms with van der Waals surface area (Å²) in [5, 5.41) is 3.92. The third-order valence-electron chi connectivity index (χ3n) is 4.32. The number of ether oxygens (including phenoxy) is 2. The van der Waals surface area contributed by atoms with E-state index in [1.165, 1.54) is 13.3 Å². The number of hydrazone groups is 1. The molecule has 0 aliphatic rings. The summed E-state index contributed by atoms with van der Waals surface area (Å²) in [4.78, 5) is 12.4. The Kier molecular flexibility index (Phi) is 8.21. The van der Waals surface area contributed by atoms with Gasteiger partial charge in [0.15, 0.2) is 11.5 Å². The molecule has 0 aliphatic carbocycles. The average Bonchev–Trinajstić information content (AvgIpc) is 2.71. The molecular weight excluding hydrogens is 418 g/mol. The van der Waals surface area contributed by atoms with Crippen molar-refractivity contribution < 1.29 is 22.7 Å². The second kappa shape index (κ2) is 10.6. The van der Waals surface area contributed by atoms with Gasteiger partial charge < -0.3 is 9.47 Å². The molecule has 166 valence electrons. The number of benzene rings is 2. The lowest BCUT2D eigenvalue weighted by Gasteiger charge is -2.25. The number of hydrogen-bond donors (Lipinski definition) is 1. The highest BCUT2D eigenvalue weighted by molar-refractivity contribution is 7.92. The lowest BCUT2D eigenvalue weighted by Crippen LogP contribution is -2.39. The molecule has 0 atom stereocenters. The third kappa shape index (κ3) is 6.58. The van der Waals surface area contributed by atoms with E-state index < -0.39 is 15.9 Å². The summed E-state index contributed by atoms with van der Waals surface area (Å²) in [7, 11) is -2.15. The molecule has 0 radical (unpaired) electrons. The maximum Gasteiger partial charge on any atom is 0.260 e. The first kappa shape index (κ1) is 23.9. The first-order valence-corrected chi connectivity index (χ1v) is 11.3. The van der Waals surface area contributed by atoms with Gasteiger partial charge in [0, 0.05) is 0 Å². The van der Waals surface area contributed by atoms with Crippen LogP contribution in [0.3, 0.4) is 0 Å². The highest BCUT2D eigenvalue weighted by Crippen LogP contribution is 2.28. The molecule has 0 saturated carbocycles. The fourth-order valence-corrected chi connectivity index (χ4v) is 3.91. The van der Waals surface area contributed by atoms with Crippen LogP contribution in [0.4, 0.5) is 5.69 Å². The Bertz CT molecular complexity index is 1060. The molecule has 2 aromatic carbocycles. The number of anilines is 1. The first-order valence-electron chi connectivity index (χ1n) is 9.45. The van der Waals surface area contributed by atoms with Crippen molar-refractivity contribution in [2.24, 2.45) is 5.10 Å². The van der Waals surface area contributed by atoms with Gasteiger partial charge in [-0.25, -0.2) is 13.8 Å². The summed E-state index contributed by atoms with van der Waals surface area (Å²) in [6, 6.07) is 10.6. The first-order chi connectivity index (χ1) is 14.7. The molecule has 1 N–H and O–H groups in total. The molecule has 0 saturated heterocycles. The van der Waals surface area contributed by atoms with Crippen LogP contribution in [-0.2, 0) is 14.8 Å².